The maximum Gasteiger partial charge on any atom is 0.338 e. The summed E-state index contributed by atoms with van der Waals surface area (Å²) in [4.78, 5) is 24.4. The second kappa shape index (κ2) is 9.61. The predicted molar refractivity (Wildman–Crippen MR) is 107 cm³/mol. The van der Waals surface area contributed by atoms with Crippen molar-refractivity contribution in [3.05, 3.63) is 65.2 Å². The fourth-order valence-electron chi connectivity index (χ4n) is 2.51. The minimum Gasteiger partial charge on any atom is -0.454 e. The molecule has 6 nitrogen and oxygen atoms in total. The standard InChI is InChI=1S/C21H25NO5S/c1-4-5-6-16-7-9-17(10-8-16)20(23)15-27-21(24)18-11-13-19(14-12-18)28(25,26)22(2)3/h7-14H,4-6,15H2,1-3H3. The Morgan fingerprint density at radius 2 is 1.50 bits per heavy atom. The van der Waals surface area contributed by atoms with E-state index in [1.165, 1.54) is 43.9 Å². The van der Waals surface area contributed by atoms with Gasteiger partial charge in [-0.15, -0.1) is 0 Å². The first-order valence-corrected chi connectivity index (χ1v) is 10.5. The summed E-state index contributed by atoms with van der Waals surface area (Å²) in [6, 6.07) is 12.7. The molecule has 2 aromatic rings. The zero-order valence-corrected chi connectivity index (χ0v) is 17.2. The molecule has 0 heterocycles. The van der Waals surface area contributed by atoms with Gasteiger partial charge in [0.1, 0.15) is 0 Å². The quantitative estimate of drug-likeness (QED) is 0.474. The minimum atomic E-state index is -3.56. The van der Waals surface area contributed by atoms with Crippen LogP contribution in [0.3, 0.4) is 0 Å². The highest BCUT2D eigenvalue weighted by molar-refractivity contribution is 7.89. The summed E-state index contributed by atoms with van der Waals surface area (Å²) in [5.74, 6) is -0.969. The minimum absolute atomic E-state index is 0.0771. The number of rotatable bonds is 9. The van der Waals surface area contributed by atoms with Crippen LogP contribution in [0.5, 0.6) is 0 Å². The Balaban J connectivity index is 1.95. The molecule has 0 N–H and O–H groups in total. The van der Waals surface area contributed by atoms with Crippen LogP contribution < -0.4 is 0 Å². The molecule has 0 aromatic heterocycles. The zero-order chi connectivity index (χ0) is 20.7. The number of esters is 1. The molecular weight excluding hydrogens is 378 g/mol. The summed E-state index contributed by atoms with van der Waals surface area (Å²) in [5, 5.41) is 0. The molecule has 0 saturated heterocycles. The lowest BCUT2D eigenvalue weighted by molar-refractivity contribution is 0.0474. The van der Waals surface area contributed by atoms with Gasteiger partial charge in [0.05, 0.1) is 10.5 Å². The van der Waals surface area contributed by atoms with Crippen LogP contribution in [0.1, 0.15) is 46.0 Å². The number of Topliss-reactive ketones (excluding diaryl/α,β-unsaturated/α-hetero) is 1. The van der Waals surface area contributed by atoms with Gasteiger partial charge in [0.25, 0.3) is 0 Å². The van der Waals surface area contributed by atoms with Crippen LogP contribution in [0.15, 0.2) is 53.4 Å². The van der Waals surface area contributed by atoms with Crippen LogP contribution in [-0.4, -0.2) is 45.2 Å². The average molecular weight is 404 g/mol. The molecule has 2 rings (SSSR count). The summed E-state index contributed by atoms with van der Waals surface area (Å²) in [5.41, 5.74) is 1.84. The Labute approximate surface area is 166 Å². The van der Waals surface area contributed by atoms with Crippen molar-refractivity contribution >= 4 is 21.8 Å². The van der Waals surface area contributed by atoms with Gasteiger partial charge in [-0.25, -0.2) is 17.5 Å². The molecule has 150 valence electrons. The number of aryl methyl sites for hydroxylation is 1. The third kappa shape index (κ3) is 5.50. The maximum atomic E-state index is 12.2. The molecule has 0 atom stereocenters. The molecule has 28 heavy (non-hydrogen) atoms. The normalized spacial score (nSPS) is 11.4. The number of benzene rings is 2. The fourth-order valence-corrected chi connectivity index (χ4v) is 3.41. The molecule has 0 aliphatic rings. The first-order chi connectivity index (χ1) is 13.3. The third-order valence-corrected chi connectivity index (χ3v) is 6.13. The van der Waals surface area contributed by atoms with Gasteiger partial charge in [0.15, 0.2) is 12.4 Å². The summed E-state index contributed by atoms with van der Waals surface area (Å²) < 4.78 is 30.2. The van der Waals surface area contributed by atoms with E-state index in [-0.39, 0.29) is 22.8 Å². The molecule has 0 amide bonds. The van der Waals surface area contributed by atoms with Crippen LogP contribution >= 0.6 is 0 Å². The van der Waals surface area contributed by atoms with E-state index in [1.54, 1.807) is 12.1 Å². The number of hydrogen-bond donors (Lipinski definition) is 0. The number of carbonyl (C=O) groups excluding carboxylic acids is 2. The van der Waals surface area contributed by atoms with Crippen LogP contribution in [0.4, 0.5) is 0 Å². The first kappa shape index (κ1) is 21.8. The maximum absolute atomic E-state index is 12.2. The van der Waals surface area contributed by atoms with Crippen LogP contribution in [0.2, 0.25) is 0 Å². The summed E-state index contributed by atoms with van der Waals surface area (Å²) in [6.45, 7) is 1.76. The van der Waals surface area contributed by atoms with E-state index in [0.29, 0.717) is 5.56 Å². The molecule has 0 bridgehead atoms. The highest BCUT2D eigenvalue weighted by atomic mass is 32.2. The third-order valence-electron chi connectivity index (χ3n) is 4.30. The molecular formula is C21H25NO5S. The summed E-state index contributed by atoms with van der Waals surface area (Å²) >= 11 is 0. The summed E-state index contributed by atoms with van der Waals surface area (Å²) in [7, 11) is -0.704. The molecule has 2 aromatic carbocycles. The highest BCUT2D eigenvalue weighted by Crippen LogP contribution is 2.15. The predicted octanol–water partition coefficient (Wildman–Crippen LogP) is 3.32. The van der Waals surface area contributed by atoms with Crippen molar-refractivity contribution in [3.63, 3.8) is 0 Å². The lowest BCUT2D eigenvalue weighted by Gasteiger charge is -2.11. The van der Waals surface area contributed by atoms with Gasteiger partial charge < -0.3 is 4.74 Å². The second-order valence-electron chi connectivity index (χ2n) is 6.61. The van der Waals surface area contributed by atoms with Gasteiger partial charge in [-0.2, -0.15) is 0 Å². The van der Waals surface area contributed by atoms with Crippen molar-refractivity contribution in [1.29, 1.82) is 0 Å². The number of unbranched alkanes of at least 4 members (excludes halogenated alkanes) is 1. The van der Waals surface area contributed by atoms with Crippen molar-refractivity contribution in [2.24, 2.45) is 0 Å². The first-order valence-electron chi connectivity index (χ1n) is 9.07. The fraction of sp³-hybridized carbons (Fsp3) is 0.333. The second-order valence-corrected chi connectivity index (χ2v) is 8.76. The number of carbonyl (C=O) groups is 2. The van der Waals surface area contributed by atoms with E-state index in [9.17, 15) is 18.0 Å². The number of nitrogens with zero attached hydrogens (tertiary/aromatic N) is 1. The Kier molecular flexibility index (Phi) is 7.48. The molecule has 0 aliphatic carbocycles. The molecule has 7 heteroatoms. The van der Waals surface area contributed by atoms with Crippen molar-refractivity contribution in [2.45, 2.75) is 31.1 Å². The zero-order valence-electron chi connectivity index (χ0n) is 16.3. The van der Waals surface area contributed by atoms with E-state index in [4.69, 9.17) is 4.74 Å². The Hall–Kier alpha value is -2.51. The summed E-state index contributed by atoms with van der Waals surface area (Å²) in [6.07, 6.45) is 3.18. The van der Waals surface area contributed by atoms with Crippen molar-refractivity contribution in [2.75, 3.05) is 20.7 Å². The van der Waals surface area contributed by atoms with E-state index >= 15 is 0 Å². The van der Waals surface area contributed by atoms with Gasteiger partial charge >= 0.3 is 5.97 Å². The lowest BCUT2D eigenvalue weighted by Crippen LogP contribution is -2.22. The van der Waals surface area contributed by atoms with E-state index in [1.807, 2.05) is 12.1 Å². The van der Waals surface area contributed by atoms with Crippen molar-refractivity contribution < 1.29 is 22.7 Å². The lowest BCUT2D eigenvalue weighted by atomic mass is 10.0. The smallest absolute Gasteiger partial charge is 0.338 e. The number of ether oxygens (including phenoxy) is 1. The molecule has 0 radical (unpaired) electrons. The van der Waals surface area contributed by atoms with Crippen molar-refractivity contribution in [1.82, 2.24) is 4.31 Å². The molecule has 0 saturated carbocycles. The van der Waals surface area contributed by atoms with Crippen LogP contribution in [0.25, 0.3) is 0 Å². The number of hydrogen-bond acceptors (Lipinski definition) is 5. The number of sulfonamides is 1. The Bertz CT molecular complexity index is 916. The largest absolute Gasteiger partial charge is 0.454 e. The molecule has 0 unspecified atom stereocenters. The molecule has 0 aliphatic heterocycles. The number of ketones is 1. The highest BCUT2D eigenvalue weighted by Gasteiger charge is 2.18. The molecule has 0 spiro atoms. The van der Waals surface area contributed by atoms with E-state index in [0.717, 1.165) is 23.6 Å². The average Bonchev–Trinajstić information content (AvgIpc) is 2.70. The SMILES string of the molecule is CCCCc1ccc(C(=O)COC(=O)c2ccc(S(=O)(=O)N(C)C)cc2)cc1. The molecule has 0 fully saturated rings. The van der Waals surface area contributed by atoms with Gasteiger partial charge in [0, 0.05) is 19.7 Å². The van der Waals surface area contributed by atoms with Gasteiger partial charge in [-0.3, -0.25) is 4.79 Å². The van der Waals surface area contributed by atoms with Gasteiger partial charge in [-0.05, 0) is 42.7 Å². The van der Waals surface area contributed by atoms with Gasteiger partial charge in [-0.1, -0.05) is 37.6 Å². The van der Waals surface area contributed by atoms with Crippen LogP contribution in [0, 0.1) is 0 Å². The van der Waals surface area contributed by atoms with Crippen LogP contribution in [-0.2, 0) is 21.2 Å². The van der Waals surface area contributed by atoms with E-state index in [2.05, 4.69) is 6.92 Å². The Morgan fingerprint density at radius 3 is 2.04 bits per heavy atom. The topological polar surface area (TPSA) is 80.8 Å². The monoisotopic (exact) mass is 403 g/mol. The Morgan fingerprint density at radius 1 is 0.929 bits per heavy atom. The van der Waals surface area contributed by atoms with Crippen molar-refractivity contribution in [3.8, 4) is 0 Å². The van der Waals surface area contributed by atoms with E-state index < -0.39 is 16.0 Å². The van der Waals surface area contributed by atoms with Gasteiger partial charge in [0.2, 0.25) is 10.0 Å².